The SMILES string of the molecule is c1ccc(-c2cc(-c3ccc(-c4cccc(-c5c(-c6nc(-c7ccccc7)nc(-c7ccccc7)n6)ccc6ccccc56)c4)cc3)nc(-c3ccccc3)n2)cc1. The summed E-state index contributed by atoms with van der Waals surface area (Å²) in [5.74, 6) is 2.59. The zero-order chi connectivity index (χ0) is 38.7. The lowest BCUT2D eigenvalue weighted by Gasteiger charge is -2.16. The van der Waals surface area contributed by atoms with Crippen molar-refractivity contribution < 1.29 is 0 Å². The summed E-state index contributed by atoms with van der Waals surface area (Å²) in [6.07, 6.45) is 0. The molecule has 5 heteroatoms. The molecule has 0 aliphatic rings. The number of hydrogen-bond donors (Lipinski definition) is 0. The Balaban J connectivity index is 1.07. The van der Waals surface area contributed by atoms with Gasteiger partial charge in [0.2, 0.25) is 0 Å². The molecule has 10 rings (SSSR count). The van der Waals surface area contributed by atoms with E-state index in [2.05, 4.69) is 115 Å². The lowest BCUT2D eigenvalue weighted by atomic mass is 9.91. The second kappa shape index (κ2) is 15.3. The molecule has 0 spiro atoms. The number of benzene rings is 8. The molecular formula is C53H35N5. The quantitative estimate of drug-likeness (QED) is 0.155. The number of rotatable bonds is 8. The van der Waals surface area contributed by atoms with Crippen molar-refractivity contribution in [2.24, 2.45) is 0 Å². The van der Waals surface area contributed by atoms with Crippen LogP contribution in [0, 0.1) is 0 Å². The van der Waals surface area contributed by atoms with Crippen LogP contribution in [0.15, 0.2) is 212 Å². The summed E-state index contributed by atoms with van der Waals surface area (Å²) in [6.45, 7) is 0. The first-order chi connectivity index (χ1) is 28.7. The van der Waals surface area contributed by atoms with Crippen LogP contribution in [0.25, 0.3) is 101 Å². The highest BCUT2D eigenvalue weighted by Crippen LogP contribution is 2.40. The minimum absolute atomic E-state index is 0.623. The third-order valence-electron chi connectivity index (χ3n) is 10.4. The number of aromatic nitrogens is 5. The predicted molar refractivity (Wildman–Crippen MR) is 236 cm³/mol. The van der Waals surface area contributed by atoms with Gasteiger partial charge in [0.25, 0.3) is 0 Å². The van der Waals surface area contributed by atoms with E-state index in [1.54, 1.807) is 0 Å². The summed E-state index contributed by atoms with van der Waals surface area (Å²) < 4.78 is 0. The Morgan fingerprint density at radius 2 is 0.672 bits per heavy atom. The van der Waals surface area contributed by atoms with Crippen LogP contribution >= 0.6 is 0 Å². The average molecular weight is 742 g/mol. The Kier molecular flexibility index (Phi) is 9.14. The molecule has 0 radical (unpaired) electrons. The van der Waals surface area contributed by atoms with E-state index in [0.717, 1.165) is 77.8 Å². The molecule has 0 saturated heterocycles. The lowest BCUT2D eigenvalue weighted by molar-refractivity contribution is 1.07. The van der Waals surface area contributed by atoms with E-state index in [1.165, 1.54) is 0 Å². The van der Waals surface area contributed by atoms with Gasteiger partial charge in [0.05, 0.1) is 11.4 Å². The minimum atomic E-state index is 0.623. The van der Waals surface area contributed by atoms with Crippen molar-refractivity contribution in [3.63, 3.8) is 0 Å². The topological polar surface area (TPSA) is 64.5 Å². The van der Waals surface area contributed by atoms with E-state index in [4.69, 9.17) is 24.9 Å². The fraction of sp³-hybridized carbons (Fsp3) is 0. The van der Waals surface area contributed by atoms with Crippen molar-refractivity contribution in [2.75, 3.05) is 0 Å². The summed E-state index contributed by atoms with van der Waals surface area (Å²) in [5.41, 5.74) is 12.0. The molecule has 2 heterocycles. The Labute approximate surface area is 337 Å². The molecule has 0 aliphatic carbocycles. The van der Waals surface area contributed by atoms with Gasteiger partial charge in [-0.2, -0.15) is 0 Å². The molecule has 10 aromatic rings. The Bertz CT molecular complexity index is 2910. The maximum Gasteiger partial charge on any atom is 0.164 e. The Hall–Kier alpha value is -7.89. The van der Waals surface area contributed by atoms with Crippen molar-refractivity contribution >= 4 is 10.8 Å². The van der Waals surface area contributed by atoms with Gasteiger partial charge in [-0.3, -0.25) is 0 Å². The number of fused-ring (bicyclic) bond motifs is 1. The van der Waals surface area contributed by atoms with Gasteiger partial charge in [-0.05, 0) is 45.7 Å². The number of nitrogens with zero attached hydrogens (tertiary/aromatic N) is 5. The molecule has 0 atom stereocenters. The molecule has 0 bridgehead atoms. The van der Waals surface area contributed by atoms with Crippen LogP contribution in [-0.4, -0.2) is 24.9 Å². The van der Waals surface area contributed by atoms with Gasteiger partial charge >= 0.3 is 0 Å². The van der Waals surface area contributed by atoms with Gasteiger partial charge in [0, 0.05) is 38.9 Å². The predicted octanol–water partition coefficient (Wildman–Crippen LogP) is 13.2. The highest BCUT2D eigenvalue weighted by atomic mass is 15.0. The number of hydrogen-bond acceptors (Lipinski definition) is 5. The third-order valence-corrected chi connectivity index (χ3v) is 10.4. The molecule has 58 heavy (non-hydrogen) atoms. The molecule has 8 aromatic carbocycles. The lowest BCUT2D eigenvalue weighted by Crippen LogP contribution is -2.01. The van der Waals surface area contributed by atoms with Crippen molar-refractivity contribution in [1.82, 2.24) is 24.9 Å². The first kappa shape index (κ1) is 34.6. The van der Waals surface area contributed by atoms with E-state index in [9.17, 15) is 0 Å². The van der Waals surface area contributed by atoms with Gasteiger partial charge < -0.3 is 0 Å². The second-order valence-corrected chi connectivity index (χ2v) is 14.1. The van der Waals surface area contributed by atoms with Gasteiger partial charge in [-0.15, -0.1) is 0 Å². The normalized spacial score (nSPS) is 11.1. The highest BCUT2D eigenvalue weighted by Gasteiger charge is 2.19. The van der Waals surface area contributed by atoms with E-state index < -0.39 is 0 Å². The molecule has 0 saturated carbocycles. The standard InChI is InChI=1S/C53H35N5/c1-5-17-38(18-6-1)47-35-48(55-50(54-47)40-19-7-2-8-20-40)39-30-28-36(29-31-39)43-25-15-26-44(34-43)49-45-27-14-13-16-37(45)32-33-46(49)53-57-51(41-21-9-3-10-22-41)56-52(58-53)42-23-11-4-12-24-42/h1-35H. The van der Waals surface area contributed by atoms with Crippen LogP contribution in [0.5, 0.6) is 0 Å². The summed E-state index contributed by atoms with van der Waals surface area (Å²) >= 11 is 0. The molecule has 0 fully saturated rings. The fourth-order valence-electron chi connectivity index (χ4n) is 7.45. The summed E-state index contributed by atoms with van der Waals surface area (Å²) in [5, 5.41) is 2.27. The van der Waals surface area contributed by atoms with Crippen LogP contribution in [0.3, 0.4) is 0 Å². The zero-order valence-electron chi connectivity index (χ0n) is 31.4. The van der Waals surface area contributed by atoms with Gasteiger partial charge in [-0.25, -0.2) is 24.9 Å². The van der Waals surface area contributed by atoms with Crippen molar-refractivity contribution in [1.29, 1.82) is 0 Å². The van der Waals surface area contributed by atoms with Crippen LogP contribution in [0.1, 0.15) is 0 Å². The van der Waals surface area contributed by atoms with Crippen molar-refractivity contribution in [3.05, 3.63) is 212 Å². The zero-order valence-corrected chi connectivity index (χ0v) is 31.4. The third kappa shape index (κ3) is 6.93. The van der Waals surface area contributed by atoms with Gasteiger partial charge in [0.15, 0.2) is 23.3 Å². The van der Waals surface area contributed by atoms with Crippen LogP contribution < -0.4 is 0 Å². The van der Waals surface area contributed by atoms with E-state index in [0.29, 0.717) is 23.3 Å². The smallest absolute Gasteiger partial charge is 0.164 e. The molecule has 0 aliphatic heterocycles. The van der Waals surface area contributed by atoms with Crippen molar-refractivity contribution in [2.45, 2.75) is 0 Å². The second-order valence-electron chi connectivity index (χ2n) is 14.1. The summed E-state index contributed by atoms with van der Waals surface area (Å²) in [4.78, 5) is 25.2. The molecule has 0 amide bonds. The summed E-state index contributed by atoms with van der Waals surface area (Å²) in [6, 6.07) is 72.9. The molecular weight excluding hydrogens is 707 g/mol. The van der Waals surface area contributed by atoms with E-state index in [-0.39, 0.29) is 0 Å². The van der Waals surface area contributed by atoms with E-state index >= 15 is 0 Å². The Morgan fingerprint density at radius 1 is 0.241 bits per heavy atom. The maximum absolute atomic E-state index is 5.13. The maximum atomic E-state index is 5.13. The molecule has 5 nitrogen and oxygen atoms in total. The monoisotopic (exact) mass is 741 g/mol. The highest BCUT2D eigenvalue weighted by molar-refractivity contribution is 6.04. The first-order valence-corrected chi connectivity index (χ1v) is 19.3. The van der Waals surface area contributed by atoms with Crippen LogP contribution in [0.2, 0.25) is 0 Å². The molecule has 2 aromatic heterocycles. The van der Waals surface area contributed by atoms with Crippen LogP contribution in [-0.2, 0) is 0 Å². The fourth-order valence-corrected chi connectivity index (χ4v) is 7.45. The molecule has 0 N–H and O–H groups in total. The van der Waals surface area contributed by atoms with Crippen LogP contribution in [0.4, 0.5) is 0 Å². The van der Waals surface area contributed by atoms with E-state index in [1.807, 2.05) is 97.1 Å². The average Bonchev–Trinajstić information content (AvgIpc) is 3.32. The Morgan fingerprint density at radius 3 is 1.26 bits per heavy atom. The molecule has 0 unspecified atom stereocenters. The van der Waals surface area contributed by atoms with Crippen molar-refractivity contribution in [3.8, 4) is 90.3 Å². The minimum Gasteiger partial charge on any atom is -0.228 e. The first-order valence-electron chi connectivity index (χ1n) is 19.3. The van der Waals surface area contributed by atoms with Gasteiger partial charge in [0.1, 0.15) is 0 Å². The molecule has 272 valence electrons. The largest absolute Gasteiger partial charge is 0.228 e. The van der Waals surface area contributed by atoms with Gasteiger partial charge in [-0.1, -0.05) is 194 Å². The summed E-state index contributed by atoms with van der Waals surface area (Å²) in [7, 11) is 0.